The summed E-state index contributed by atoms with van der Waals surface area (Å²) in [5.74, 6) is -0.588. The second-order valence-corrected chi connectivity index (χ2v) is 5.49. The number of carbonyl (C=O) groups is 2. The molecule has 0 aliphatic heterocycles. The van der Waals surface area contributed by atoms with Crippen molar-refractivity contribution in [2.75, 3.05) is 6.54 Å². The molecule has 1 unspecified atom stereocenters. The van der Waals surface area contributed by atoms with Crippen molar-refractivity contribution in [1.29, 1.82) is 0 Å². The van der Waals surface area contributed by atoms with Gasteiger partial charge in [0.25, 0.3) is 0 Å². The summed E-state index contributed by atoms with van der Waals surface area (Å²) in [4.78, 5) is 26.9. The summed E-state index contributed by atoms with van der Waals surface area (Å²) in [7, 11) is 0. The van der Waals surface area contributed by atoms with Crippen LogP contribution in [0.25, 0.3) is 0 Å². The highest BCUT2D eigenvalue weighted by molar-refractivity contribution is 5.88. The van der Waals surface area contributed by atoms with Crippen molar-refractivity contribution in [3.05, 3.63) is 0 Å². The van der Waals surface area contributed by atoms with E-state index in [2.05, 4.69) is 18.8 Å². The van der Waals surface area contributed by atoms with Crippen molar-refractivity contribution >= 4 is 17.9 Å². The molecule has 0 saturated carbocycles. The van der Waals surface area contributed by atoms with E-state index < -0.39 is 18.0 Å². The molecule has 0 aliphatic rings. The van der Waals surface area contributed by atoms with E-state index in [1.54, 1.807) is 0 Å². The Bertz CT molecular complexity index is 352. The number of rotatable bonds is 10. The predicted molar refractivity (Wildman–Crippen MR) is 82.3 cm³/mol. The molecule has 0 radical (unpaired) electrons. The maximum absolute atomic E-state index is 11.6. The molecule has 1 atom stereocenters. The Labute approximate surface area is 126 Å². The summed E-state index contributed by atoms with van der Waals surface area (Å²) in [5.41, 5.74) is 16.0. The van der Waals surface area contributed by atoms with Crippen LogP contribution in [-0.2, 0) is 14.3 Å². The van der Waals surface area contributed by atoms with Gasteiger partial charge in [-0.1, -0.05) is 20.3 Å². The third-order valence-electron chi connectivity index (χ3n) is 2.90. The number of esters is 2. The second-order valence-electron chi connectivity index (χ2n) is 5.49. The lowest BCUT2D eigenvalue weighted by atomic mass is 10.1. The van der Waals surface area contributed by atoms with Crippen molar-refractivity contribution in [1.82, 2.24) is 0 Å². The van der Waals surface area contributed by atoms with Gasteiger partial charge in [0.1, 0.15) is 6.04 Å². The zero-order chi connectivity index (χ0) is 16.3. The molecular weight excluding hydrogens is 272 g/mol. The van der Waals surface area contributed by atoms with E-state index in [1.165, 1.54) is 0 Å². The fourth-order valence-corrected chi connectivity index (χ4v) is 1.70. The third kappa shape index (κ3) is 11.9. The average Bonchev–Trinajstić information content (AvgIpc) is 2.37. The second kappa shape index (κ2) is 11.1. The van der Waals surface area contributed by atoms with Crippen LogP contribution < -0.4 is 17.2 Å². The van der Waals surface area contributed by atoms with Gasteiger partial charge < -0.3 is 21.9 Å². The van der Waals surface area contributed by atoms with Gasteiger partial charge in [-0.05, 0) is 31.6 Å². The first kappa shape index (κ1) is 19.4. The van der Waals surface area contributed by atoms with E-state index in [0.717, 1.165) is 19.3 Å². The molecule has 0 aromatic carbocycles. The molecule has 0 fully saturated rings. The van der Waals surface area contributed by atoms with Crippen LogP contribution in [0.5, 0.6) is 0 Å². The first-order valence-corrected chi connectivity index (χ1v) is 7.38. The van der Waals surface area contributed by atoms with Crippen LogP contribution in [0, 0.1) is 5.92 Å². The predicted octanol–water partition coefficient (Wildman–Crippen LogP) is 0.654. The maximum atomic E-state index is 11.6. The van der Waals surface area contributed by atoms with Crippen molar-refractivity contribution in [3.63, 3.8) is 0 Å². The molecule has 0 saturated heterocycles. The third-order valence-corrected chi connectivity index (χ3v) is 2.90. The minimum Gasteiger partial charge on any atom is -0.392 e. The number of unbranched alkanes of at least 4 members (excludes halogenated alkanes) is 1. The zero-order valence-electron chi connectivity index (χ0n) is 13.0. The first-order valence-electron chi connectivity index (χ1n) is 7.38. The van der Waals surface area contributed by atoms with Crippen LogP contribution in [0.4, 0.5) is 0 Å². The Hall–Kier alpha value is -1.63. The summed E-state index contributed by atoms with van der Waals surface area (Å²) < 4.78 is 4.72. The van der Waals surface area contributed by atoms with E-state index in [1.807, 2.05) is 0 Å². The number of hydrogen-bond donors (Lipinski definition) is 3. The molecule has 7 heteroatoms. The number of hydrogen-bond acceptors (Lipinski definition) is 5. The van der Waals surface area contributed by atoms with Crippen molar-refractivity contribution in [2.24, 2.45) is 28.1 Å². The van der Waals surface area contributed by atoms with E-state index >= 15 is 0 Å². The zero-order valence-corrected chi connectivity index (χ0v) is 13.0. The first-order chi connectivity index (χ1) is 9.82. The highest BCUT2D eigenvalue weighted by atomic mass is 16.6. The van der Waals surface area contributed by atoms with Gasteiger partial charge in [0.15, 0.2) is 5.96 Å². The van der Waals surface area contributed by atoms with Crippen LogP contribution in [-0.4, -0.2) is 30.5 Å². The Kier molecular flexibility index (Phi) is 10.2. The van der Waals surface area contributed by atoms with Crippen molar-refractivity contribution < 1.29 is 14.3 Å². The van der Waals surface area contributed by atoms with Crippen LogP contribution >= 0.6 is 0 Å². The van der Waals surface area contributed by atoms with Gasteiger partial charge in [-0.2, -0.15) is 0 Å². The molecule has 6 N–H and O–H groups in total. The average molecular weight is 300 g/mol. The number of aliphatic imine (C=N–C) groups is 1. The normalized spacial score (nSPS) is 12.0. The highest BCUT2D eigenvalue weighted by Crippen LogP contribution is 2.08. The minimum atomic E-state index is -0.779. The summed E-state index contributed by atoms with van der Waals surface area (Å²) in [6.07, 6.45) is 3.76. The van der Waals surface area contributed by atoms with Crippen molar-refractivity contribution in [2.45, 2.75) is 58.4 Å². The molecule has 0 spiro atoms. The molecular formula is C14H28N4O3. The quantitative estimate of drug-likeness (QED) is 0.178. The molecule has 0 bridgehead atoms. The number of ether oxygens (including phenoxy) is 1. The minimum absolute atomic E-state index is 0.0469. The molecule has 0 amide bonds. The topological polar surface area (TPSA) is 134 Å². The molecule has 0 aromatic heterocycles. The molecule has 122 valence electrons. The van der Waals surface area contributed by atoms with Crippen LogP contribution in [0.3, 0.4) is 0 Å². The van der Waals surface area contributed by atoms with Gasteiger partial charge in [-0.15, -0.1) is 0 Å². The maximum Gasteiger partial charge on any atom is 0.330 e. The van der Waals surface area contributed by atoms with Crippen molar-refractivity contribution in [3.8, 4) is 0 Å². The van der Waals surface area contributed by atoms with Gasteiger partial charge in [-0.25, -0.2) is 4.79 Å². The smallest absolute Gasteiger partial charge is 0.330 e. The molecule has 0 aromatic rings. The molecule has 0 aliphatic carbocycles. The Morgan fingerprint density at radius 1 is 1.10 bits per heavy atom. The van der Waals surface area contributed by atoms with Gasteiger partial charge in [0.2, 0.25) is 0 Å². The standard InChI is InChI=1S/C14H28N4O3/c1-10(2)6-5-8-12(19)21-13(20)11(15)7-3-4-9-18-14(16)17/h10-11H,3-9,15H2,1-2H3,(H4,16,17,18). The lowest BCUT2D eigenvalue weighted by Gasteiger charge is -2.10. The summed E-state index contributed by atoms with van der Waals surface area (Å²) >= 11 is 0. The summed E-state index contributed by atoms with van der Waals surface area (Å²) in [6.45, 7) is 4.65. The number of guanidine groups is 1. The number of nitrogens with two attached hydrogens (primary N) is 3. The summed E-state index contributed by atoms with van der Waals surface area (Å²) in [6, 6.07) is -0.779. The van der Waals surface area contributed by atoms with Gasteiger partial charge in [0, 0.05) is 13.0 Å². The molecule has 21 heavy (non-hydrogen) atoms. The van der Waals surface area contributed by atoms with Gasteiger partial charge >= 0.3 is 11.9 Å². The van der Waals surface area contributed by atoms with Crippen LogP contribution in [0.1, 0.15) is 52.4 Å². The number of nitrogens with zero attached hydrogens (tertiary/aromatic N) is 1. The van der Waals surface area contributed by atoms with E-state index in [4.69, 9.17) is 21.9 Å². The van der Waals surface area contributed by atoms with Gasteiger partial charge in [-0.3, -0.25) is 9.79 Å². The Morgan fingerprint density at radius 2 is 1.76 bits per heavy atom. The lowest BCUT2D eigenvalue weighted by Crippen LogP contribution is -2.33. The van der Waals surface area contributed by atoms with Gasteiger partial charge in [0.05, 0.1) is 0 Å². The monoisotopic (exact) mass is 300 g/mol. The highest BCUT2D eigenvalue weighted by Gasteiger charge is 2.18. The van der Waals surface area contributed by atoms with Crippen LogP contribution in [0.15, 0.2) is 4.99 Å². The number of carbonyl (C=O) groups excluding carboxylic acids is 2. The fourth-order valence-electron chi connectivity index (χ4n) is 1.70. The molecule has 0 rings (SSSR count). The summed E-state index contributed by atoms with van der Waals surface area (Å²) in [5, 5.41) is 0. The largest absolute Gasteiger partial charge is 0.392 e. The fraction of sp³-hybridized carbons (Fsp3) is 0.786. The lowest BCUT2D eigenvalue weighted by molar-refractivity contribution is -0.160. The SMILES string of the molecule is CC(C)CCCC(=O)OC(=O)C(N)CCCCN=C(N)N. The van der Waals surface area contributed by atoms with E-state index in [9.17, 15) is 9.59 Å². The molecule has 7 nitrogen and oxygen atoms in total. The van der Waals surface area contributed by atoms with E-state index in [-0.39, 0.29) is 12.4 Å². The Morgan fingerprint density at radius 3 is 2.33 bits per heavy atom. The van der Waals surface area contributed by atoms with E-state index in [0.29, 0.717) is 25.3 Å². The molecule has 0 heterocycles. The Balaban J connectivity index is 3.78. The van der Waals surface area contributed by atoms with Crippen LogP contribution in [0.2, 0.25) is 0 Å².